The van der Waals surface area contributed by atoms with E-state index in [0.717, 1.165) is 0 Å². The number of halogens is 1. The zero-order valence-electron chi connectivity index (χ0n) is 9.14. The first kappa shape index (κ1) is 11.7. The summed E-state index contributed by atoms with van der Waals surface area (Å²) in [7, 11) is 0. The second-order valence-corrected chi connectivity index (χ2v) is 3.88. The molecule has 0 fully saturated rings. The van der Waals surface area contributed by atoms with Crippen LogP contribution in [0.1, 0.15) is 23.0 Å². The number of aromatic nitrogens is 1. The molecule has 0 spiro atoms. The number of rotatable bonds is 4. The number of carbonyl (C=O) groups excluding carboxylic acids is 1. The van der Waals surface area contributed by atoms with E-state index in [2.05, 4.69) is 5.16 Å². The molecule has 2 rings (SSSR count). The maximum Gasteiger partial charge on any atom is 0.174 e. The van der Waals surface area contributed by atoms with Crippen molar-refractivity contribution >= 4 is 17.4 Å². The van der Waals surface area contributed by atoms with Gasteiger partial charge in [0.1, 0.15) is 12.4 Å². The summed E-state index contributed by atoms with van der Waals surface area (Å²) in [6.45, 7) is 1.74. The highest BCUT2D eigenvalue weighted by Gasteiger charge is 2.07. The van der Waals surface area contributed by atoms with Crippen molar-refractivity contribution in [3.63, 3.8) is 0 Å². The molecule has 0 atom stereocenters. The highest BCUT2D eigenvalue weighted by molar-refractivity contribution is 6.32. The molecule has 0 amide bonds. The van der Waals surface area contributed by atoms with Crippen molar-refractivity contribution in [2.24, 2.45) is 0 Å². The monoisotopic (exact) mass is 251 g/mol. The summed E-state index contributed by atoms with van der Waals surface area (Å²) >= 11 is 5.99. The third kappa shape index (κ3) is 2.85. The number of Topliss-reactive ketones (excluding diaryl/α,β-unsaturated/α-hetero) is 1. The van der Waals surface area contributed by atoms with Gasteiger partial charge in [-0.3, -0.25) is 4.79 Å². The Labute approximate surface area is 103 Å². The van der Waals surface area contributed by atoms with Gasteiger partial charge in [0.25, 0.3) is 0 Å². The minimum Gasteiger partial charge on any atom is -0.484 e. The predicted molar refractivity (Wildman–Crippen MR) is 62.3 cm³/mol. The first-order valence-electron chi connectivity index (χ1n) is 4.99. The molecular formula is C12H10ClNO3. The molecule has 0 saturated heterocycles. The fourth-order valence-electron chi connectivity index (χ4n) is 1.30. The van der Waals surface area contributed by atoms with Crippen molar-refractivity contribution in [3.8, 4) is 5.75 Å². The molecule has 88 valence electrons. The molecule has 1 heterocycles. The lowest BCUT2D eigenvalue weighted by molar-refractivity contribution is 0.101. The summed E-state index contributed by atoms with van der Waals surface area (Å²) in [6.07, 6.45) is 1.54. The Morgan fingerprint density at radius 3 is 2.88 bits per heavy atom. The Kier molecular flexibility index (Phi) is 3.44. The summed E-state index contributed by atoms with van der Waals surface area (Å²) < 4.78 is 10.3. The summed E-state index contributed by atoms with van der Waals surface area (Å²) in [6, 6.07) is 6.62. The van der Waals surface area contributed by atoms with Crippen LogP contribution >= 0.6 is 11.6 Å². The van der Waals surface area contributed by atoms with Crippen LogP contribution in [0.4, 0.5) is 0 Å². The van der Waals surface area contributed by atoms with Crippen molar-refractivity contribution in [1.29, 1.82) is 0 Å². The third-order valence-corrected chi connectivity index (χ3v) is 2.49. The third-order valence-electron chi connectivity index (χ3n) is 2.20. The first-order chi connectivity index (χ1) is 8.16. The molecule has 5 heteroatoms. The van der Waals surface area contributed by atoms with Gasteiger partial charge in [-0.1, -0.05) is 16.8 Å². The van der Waals surface area contributed by atoms with Gasteiger partial charge in [-0.25, -0.2) is 0 Å². The number of hydrogen-bond donors (Lipinski definition) is 0. The van der Waals surface area contributed by atoms with E-state index in [1.54, 1.807) is 30.5 Å². The molecule has 0 aliphatic carbocycles. The van der Waals surface area contributed by atoms with Gasteiger partial charge in [0.2, 0.25) is 0 Å². The summed E-state index contributed by atoms with van der Waals surface area (Å²) in [5.74, 6) is 1.08. The maximum atomic E-state index is 11.1. The molecule has 0 bridgehead atoms. The van der Waals surface area contributed by atoms with Crippen LogP contribution in [0.5, 0.6) is 5.75 Å². The van der Waals surface area contributed by atoms with Crippen molar-refractivity contribution in [3.05, 3.63) is 46.8 Å². The summed E-state index contributed by atoms with van der Waals surface area (Å²) in [5, 5.41) is 3.96. The topological polar surface area (TPSA) is 52.3 Å². The minimum absolute atomic E-state index is 0.0336. The minimum atomic E-state index is -0.0336. The van der Waals surface area contributed by atoms with Crippen LogP contribution in [0.25, 0.3) is 0 Å². The van der Waals surface area contributed by atoms with Gasteiger partial charge in [-0.15, -0.1) is 0 Å². The van der Waals surface area contributed by atoms with Crippen LogP contribution in [0.15, 0.2) is 35.0 Å². The highest BCUT2D eigenvalue weighted by Crippen LogP contribution is 2.26. The van der Waals surface area contributed by atoms with E-state index in [1.165, 1.54) is 6.92 Å². The van der Waals surface area contributed by atoms with E-state index >= 15 is 0 Å². The molecule has 2 aromatic rings. The molecule has 0 unspecified atom stereocenters. The second kappa shape index (κ2) is 5.01. The van der Waals surface area contributed by atoms with Crippen LogP contribution in [-0.4, -0.2) is 10.9 Å². The largest absolute Gasteiger partial charge is 0.484 e. The van der Waals surface area contributed by atoms with E-state index in [0.29, 0.717) is 22.1 Å². The molecule has 0 aliphatic heterocycles. The fourth-order valence-corrected chi connectivity index (χ4v) is 1.54. The van der Waals surface area contributed by atoms with E-state index in [4.69, 9.17) is 20.9 Å². The number of nitrogens with zero attached hydrogens (tertiary/aromatic N) is 1. The number of hydrogen-bond acceptors (Lipinski definition) is 4. The predicted octanol–water partition coefficient (Wildman–Crippen LogP) is 3.11. The molecule has 0 aliphatic rings. The zero-order chi connectivity index (χ0) is 12.3. The number of ether oxygens (including phenoxy) is 1. The van der Waals surface area contributed by atoms with Crippen LogP contribution in [0, 0.1) is 0 Å². The van der Waals surface area contributed by atoms with Gasteiger partial charge in [0.05, 0.1) is 11.2 Å². The molecule has 0 radical (unpaired) electrons. The van der Waals surface area contributed by atoms with Gasteiger partial charge in [0.15, 0.2) is 11.5 Å². The average molecular weight is 252 g/mol. The highest BCUT2D eigenvalue weighted by atomic mass is 35.5. The zero-order valence-corrected chi connectivity index (χ0v) is 9.90. The Balaban J connectivity index is 2.09. The fraction of sp³-hybridized carbons (Fsp3) is 0.167. The van der Waals surface area contributed by atoms with Crippen LogP contribution < -0.4 is 4.74 Å². The van der Waals surface area contributed by atoms with E-state index < -0.39 is 0 Å². The van der Waals surface area contributed by atoms with Crippen LogP contribution in [0.2, 0.25) is 5.02 Å². The van der Waals surface area contributed by atoms with Crippen molar-refractivity contribution in [1.82, 2.24) is 5.16 Å². The summed E-state index contributed by atoms with van der Waals surface area (Å²) in [4.78, 5) is 11.1. The van der Waals surface area contributed by atoms with E-state index in [1.807, 2.05) is 0 Å². The van der Waals surface area contributed by atoms with Crippen molar-refractivity contribution < 1.29 is 14.1 Å². The Morgan fingerprint density at radius 1 is 1.47 bits per heavy atom. The number of carbonyl (C=O) groups is 1. The molecule has 4 nitrogen and oxygen atoms in total. The van der Waals surface area contributed by atoms with E-state index in [-0.39, 0.29) is 12.4 Å². The molecule has 1 aromatic heterocycles. The molecule has 17 heavy (non-hydrogen) atoms. The molecule has 0 saturated carbocycles. The number of benzene rings is 1. The lowest BCUT2D eigenvalue weighted by atomic mass is 10.1. The van der Waals surface area contributed by atoms with Crippen molar-refractivity contribution in [2.45, 2.75) is 13.5 Å². The Hall–Kier alpha value is -1.81. The lowest BCUT2D eigenvalue weighted by Crippen LogP contribution is -1.96. The van der Waals surface area contributed by atoms with Crippen LogP contribution in [-0.2, 0) is 6.61 Å². The molecule has 0 N–H and O–H groups in total. The quantitative estimate of drug-likeness (QED) is 0.784. The van der Waals surface area contributed by atoms with Gasteiger partial charge in [-0.2, -0.15) is 0 Å². The standard InChI is InChI=1S/C12H10ClNO3/c1-8(15)9-2-3-12(11(13)6-9)16-7-10-4-5-14-17-10/h2-6H,7H2,1H3. The second-order valence-electron chi connectivity index (χ2n) is 3.47. The summed E-state index contributed by atoms with van der Waals surface area (Å²) in [5.41, 5.74) is 0.557. The van der Waals surface area contributed by atoms with Crippen LogP contribution in [0.3, 0.4) is 0 Å². The van der Waals surface area contributed by atoms with Gasteiger partial charge in [-0.05, 0) is 25.1 Å². The van der Waals surface area contributed by atoms with Crippen molar-refractivity contribution in [2.75, 3.05) is 0 Å². The normalized spacial score (nSPS) is 10.2. The lowest BCUT2D eigenvalue weighted by Gasteiger charge is -2.06. The Morgan fingerprint density at radius 2 is 2.29 bits per heavy atom. The van der Waals surface area contributed by atoms with Gasteiger partial charge in [0, 0.05) is 11.6 Å². The molecule has 1 aromatic carbocycles. The SMILES string of the molecule is CC(=O)c1ccc(OCc2ccno2)c(Cl)c1. The maximum absolute atomic E-state index is 11.1. The number of ketones is 1. The smallest absolute Gasteiger partial charge is 0.174 e. The Bertz CT molecular complexity index is 523. The van der Waals surface area contributed by atoms with Gasteiger partial charge < -0.3 is 9.26 Å². The van der Waals surface area contributed by atoms with E-state index in [9.17, 15) is 4.79 Å². The molecular weight excluding hydrogens is 242 g/mol. The first-order valence-corrected chi connectivity index (χ1v) is 5.37. The van der Waals surface area contributed by atoms with Gasteiger partial charge >= 0.3 is 0 Å². The average Bonchev–Trinajstić information content (AvgIpc) is 2.80.